The van der Waals surface area contributed by atoms with Crippen molar-refractivity contribution in [1.82, 2.24) is 0 Å². The van der Waals surface area contributed by atoms with Crippen LogP contribution in [0.2, 0.25) is 0 Å². The Kier molecular flexibility index (Phi) is 11.0. The van der Waals surface area contributed by atoms with Gasteiger partial charge in [0.1, 0.15) is 0 Å². The predicted molar refractivity (Wildman–Crippen MR) is 75.6 cm³/mol. The van der Waals surface area contributed by atoms with Crippen LogP contribution in [0.5, 0.6) is 0 Å². The zero-order valence-electron chi connectivity index (χ0n) is 11.6. The van der Waals surface area contributed by atoms with Gasteiger partial charge < -0.3 is 0 Å². The highest BCUT2D eigenvalue weighted by Gasteiger charge is 2.06. The molecule has 0 saturated heterocycles. The van der Waals surface area contributed by atoms with Crippen LogP contribution in [-0.2, 0) is 9.84 Å². The lowest BCUT2D eigenvalue weighted by Gasteiger charge is -2.02. The lowest BCUT2D eigenvalue weighted by molar-refractivity contribution is 0.558. The van der Waals surface area contributed by atoms with Crippen LogP contribution in [0.15, 0.2) is 0 Å². The van der Waals surface area contributed by atoms with Gasteiger partial charge in [0.15, 0.2) is 9.84 Å². The van der Waals surface area contributed by atoms with Crippen molar-refractivity contribution in [2.24, 2.45) is 0 Å². The summed E-state index contributed by atoms with van der Waals surface area (Å²) >= 11 is 0. The molecule has 0 rings (SSSR count). The molecule has 17 heavy (non-hydrogen) atoms. The van der Waals surface area contributed by atoms with Gasteiger partial charge in [0.05, 0.1) is 11.5 Å². The number of unbranched alkanes of at least 4 members (excludes halogenated alkanes) is 9. The van der Waals surface area contributed by atoms with Gasteiger partial charge in [-0.1, -0.05) is 64.7 Å². The maximum atomic E-state index is 11.2. The molecule has 0 amide bonds. The molecule has 3 heteroatoms. The third kappa shape index (κ3) is 12.2. The molecule has 0 aromatic rings. The predicted octanol–water partition coefficient (Wildman–Crippen LogP) is 4.50. The quantitative estimate of drug-likeness (QED) is 0.485. The summed E-state index contributed by atoms with van der Waals surface area (Å²) in [5.74, 6) is 1.65. The van der Waals surface area contributed by atoms with E-state index in [0.717, 1.165) is 12.8 Å². The summed E-state index contributed by atoms with van der Waals surface area (Å²) in [6.45, 7) is 3.84. The molecule has 2 nitrogen and oxygen atoms in total. The van der Waals surface area contributed by atoms with E-state index >= 15 is 0 Å². The smallest absolute Gasteiger partial charge is 0.154 e. The van der Waals surface area contributed by atoms with Crippen molar-refractivity contribution in [3.05, 3.63) is 5.75 Å². The Morgan fingerprint density at radius 3 is 1.59 bits per heavy atom. The molecule has 0 aliphatic carbocycles. The minimum absolute atomic E-state index is 0.333. The van der Waals surface area contributed by atoms with E-state index in [2.05, 4.69) is 6.92 Å². The minimum Gasteiger partial charge on any atom is -0.229 e. The second-order valence-electron chi connectivity index (χ2n) is 4.78. The molecule has 0 spiro atoms. The summed E-state index contributed by atoms with van der Waals surface area (Å²) in [6, 6.07) is 0. The Balaban J connectivity index is 3.14. The summed E-state index contributed by atoms with van der Waals surface area (Å²) in [5.41, 5.74) is 0. The highest BCUT2D eigenvalue weighted by Crippen LogP contribution is 2.11. The first-order chi connectivity index (χ1) is 8.12. The Labute approximate surface area is 108 Å². The van der Waals surface area contributed by atoms with Gasteiger partial charge in [-0.25, -0.2) is 8.42 Å². The Hall–Kier alpha value is -0.0500. The van der Waals surface area contributed by atoms with Crippen molar-refractivity contribution in [1.29, 1.82) is 0 Å². The molecule has 0 heterocycles. The topological polar surface area (TPSA) is 34.1 Å². The van der Waals surface area contributed by atoms with E-state index in [9.17, 15) is 8.42 Å². The number of hydrogen-bond donors (Lipinski definition) is 0. The monoisotopic (exact) mass is 261 g/mol. The van der Waals surface area contributed by atoms with Gasteiger partial charge >= 0.3 is 0 Å². The highest BCUT2D eigenvalue weighted by atomic mass is 32.2. The normalized spacial score (nSPS) is 11.9. The van der Waals surface area contributed by atoms with Crippen LogP contribution in [0.25, 0.3) is 0 Å². The van der Waals surface area contributed by atoms with Crippen LogP contribution < -0.4 is 0 Å². The Bertz CT molecular complexity index is 245. The van der Waals surface area contributed by atoms with Gasteiger partial charge in [-0.05, 0) is 13.3 Å². The molecule has 0 aromatic heterocycles. The lowest BCUT2D eigenvalue weighted by atomic mass is 10.1. The van der Waals surface area contributed by atoms with Crippen molar-refractivity contribution in [2.45, 2.75) is 78.1 Å². The molecule has 0 fully saturated rings. The molecule has 0 aliphatic heterocycles. The van der Waals surface area contributed by atoms with Gasteiger partial charge in [0, 0.05) is 0 Å². The van der Waals surface area contributed by atoms with Gasteiger partial charge in [-0.3, -0.25) is 0 Å². The van der Waals surface area contributed by atoms with Crippen molar-refractivity contribution in [3.8, 4) is 0 Å². The van der Waals surface area contributed by atoms with Crippen LogP contribution in [-0.4, -0.2) is 14.2 Å². The van der Waals surface area contributed by atoms with Crippen LogP contribution in [0.1, 0.15) is 78.1 Å². The maximum absolute atomic E-state index is 11.2. The van der Waals surface area contributed by atoms with Gasteiger partial charge in [-0.2, -0.15) is 0 Å². The number of sulfone groups is 1. The third-order valence-electron chi connectivity index (χ3n) is 3.14. The van der Waals surface area contributed by atoms with E-state index in [1.54, 1.807) is 6.92 Å². The molecule has 0 atom stereocenters. The molecule has 103 valence electrons. The van der Waals surface area contributed by atoms with E-state index in [-0.39, 0.29) is 0 Å². The van der Waals surface area contributed by atoms with E-state index in [1.165, 1.54) is 57.1 Å². The van der Waals surface area contributed by atoms with E-state index in [1.807, 2.05) is 0 Å². The van der Waals surface area contributed by atoms with Gasteiger partial charge in [0.25, 0.3) is 0 Å². The van der Waals surface area contributed by atoms with Gasteiger partial charge in [0.2, 0.25) is 0 Å². The standard InChI is InChI=1S/C14H29O2S/c1-3-5-6-7-8-9-10-11-12-13-14-17(15,16)4-2/h4H,3,5-14H2,1-2H3. The molecule has 0 unspecified atom stereocenters. The Morgan fingerprint density at radius 2 is 1.18 bits per heavy atom. The fourth-order valence-corrected chi connectivity index (χ4v) is 2.75. The van der Waals surface area contributed by atoms with Crippen LogP contribution >= 0.6 is 0 Å². The second-order valence-corrected chi connectivity index (χ2v) is 6.99. The van der Waals surface area contributed by atoms with Crippen molar-refractivity contribution in [2.75, 3.05) is 5.75 Å². The average molecular weight is 261 g/mol. The molecule has 0 bridgehead atoms. The summed E-state index contributed by atoms with van der Waals surface area (Å²) in [6.07, 6.45) is 12.4. The van der Waals surface area contributed by atoms with E-state index in [4.69, 9.17) is 0 Å². The molecule has 0 saturated carbocycles. The zero-order valence-corrected chi connectivity index (χ0v) is 12.4. The molecular formula is C14H29O2S. The first-order valence-corrected chi connectivity index (χ1v) is 8.86. The van der Waals surface area contributed by atoms with E-state index < -0.39 is 9.84 Å². The van der Waals surface area contributed by atoms with E-state index in [0.29, 0.717) is 5.75 Å². The summed E-state index contributed by atoms with van der Waals surface area (Å²) in [5, 5.41) is 0. The van der Waals surface area contributed by atoms with Crippen LogP contribution in [0.4, 0.5) is 0 Å². The van der Waals surface area contributed by atoms with Crippen molar-refractivity contribution >= 4 is 9.84 Å². The maximum Gasteiger partial charge on any atom is 0.154 e. The fraction of sp³-hybridized carbons (Fsp3) is 0.929. The molecule has 0 aromatic carbocycles. The SMILES string of the molecule is C[CH]S(=O)(=O)CCCCCCCCCCCC. The first-order valence-electron chi connectivity index (χ1n) is 7.14. The molecule has 1 radical (unpaired) electrons. The minimum atomic E-state index is -2.85. The third-order valence-corrected chi connectivity index (χ3v) is 4.72. The molecule has 0 aliphatic rings. The second kappa shape index (κ2) is 11.1. The highest BCUT2D eigenvalue weighted by molar-refractivity contribution is 7.93. The first kappa shape index (κ1) is 16.9. The van der Waals surface area contributed by atoms with Crippen molar-refractivity contribution in [3.63, 3.8) is 0 Å². The largest absolute Gasteiger partial charge is 0.229 e. The average Bonchev–Trinajstić information content (AvgIpc) is 2.31. The van der Waals surface area contributed by atoms with Gasteiger partial charge in [-0.15, -0.1) is 0 Å². The van der Waals surface area contributed by atoms with Crippen LogP contribution in [0.3, 0.4) is 0 Å². The Morgan fingerprint density at radius 1 is 0.765 bits per heavy atom. The van der Waals surface area contributed by atoms with Crippen LogP contribution in [0, 0.1) is 5.75 Å². The number of rotatable bonds is 12. The van der Waals surface area contributed by atoms with Crippen molar-refractivity contribution < 1.29 is 8.42 Å². The fourth-order valence-electron chi connectivity index (χ4n) is 1.91. The summed E-state index contributed by atoms with van der Waals surface area (Å²) < 4.78 is 22.4. The lowest BCUT2D eigenvalue weighted by Crippen LogP contribution is -2.04. The molecule has 0 N–H and O–H groups in total. The number of hydrogen-bond acceptors (Lipinski definition) is 2. The zero-order chi connectivity index (χ0) is 13.0. The molecular weight excluding hydrogens is 232 g/mol. The summed E-state index contributed by atoms with van der Waals surface area (Å²) in [4.78, 5) is 0. The summed E-state index contributed by atoms with van der Waals surface area (Å²) in [7, 11) is -2.85.